The molecule has 0 aliphatic carbocycles. The summed E-state index contributed by atoms with van der Waals surface area (Å²) >= 11 is 0. The van der Waals surface area contributed by atoms with E-state index in [1.807, 2.05) is 0 Å². The number of unbranched alkanes of at least 4 members (excludes halogenated alkanes) is 2. The Bertz CT molecular complexity index is 736. The molecule has 10 nitrogen and oxygen atoms in total. The molecule has 0 saturated heterocycles. The van der Waals surface area contributed by atoms with E-state index in [4.69, 9.17) is 5.73 Å². The van der Waals surface area contributed by atoms with Crippen molar-refractivity contribution in [1.82, 2.24) is 16.0 Å². The highest BCUT2D eigenvalue weighted by Crippen LogP contribution is 2.08. The molecule has 0 aromatic rings. The van der Waals surface area contributed by atoms with Crippen LogP contribution in [-0.2, 0) is 24.2 Å². The minimum absolute atomic E-state index is 0.00343. The number of urea groups is 1. The summed E-state index contributed by atoms with van der Waals surface area (Å²) in [4.78, 5) is 47.4. The predicted octanol–water partition coefficient (Wildman–Crippen LogP) is 0.768. The lowest BCUT2D eigenvalue weighted by Gasteiger charge is -2.24. The molecule has 11 heteroatoms. The van der Waals surface area contributed by atoms with Gasteiger partial charge in [-0.15, -0.1) is 0 Å². The summed E-state index contributed by atoms with van der Waals surface area (Å²) in [6.07, 6.45) is 2.43. The molecule has 0 bridgehead atoms. The van der Waals surface area contributed by atoms with Crippen LogP contribution in [0.1, 0.15) is 59.3 Å². The van der Waals surface area contributed by atoms with Crippen molar-refractivity contribution < 1.29 is 27.6 Å². The van der Waals surface area contributed by atoms with Crippen LogP contribution in [0.4, 0.5) is 4.79 Å². The van der Waals surface area contributed by atoms with Gasteiger partial charge in [0.2, 0.25) is 11.8 Å². The summed E-state index contributed by atoms with van der Waals surface area (Å²) in [5, 5.41) is 8.70. The minimum atomic E-state index is -3.24. The molecule has 0 aliphatic heterocycles. The number of sulfone groups is 1. The fraction of sp³-hybridized carbons (Fsp3) is 0.700. The summed E-state index contributed by atoms with van der Waals surface area (Å²) in [7, 11) is -3.24. The Hall–Kier alpha value is -2.43. The van der Waals surface area contributed by atoms with Crippen molar-refractivity contribution in [1.29, 1.82) is 0 Å². The highest BCUT2D eigenvalue weighted by Gasteiger charge is 2.27. The van der Waals surface area contributed by atoms with Crippen molar-refractivity contribution in [3.8, 4) is 0 Å². The Morgan fingerprint density at radius 3 is 2.19 bits per heavy atom. The van der Waals surface area contributed by atoms with Gasteiger partial charge in [0, 0.05) is 18.4 Å². The van der Waals surface area contributed by atoms with Crippen LogP contribution in [0.2, 0.25) is 0 Å². The topological polar surface area (TPSA) is 165 Å². The van der Waals surface area contributed by atoms with Gasteiger partial charge in [-0.1, -0.05) is 26.8 Å². The summed E-state index contributed by atoms with van der Waals surface area (Å²) < 4.78 is 22.7. The second kappa shape index (κ2) is 14.6. The summed E-state index contributed by atoms with van der Waals surface area (Å²) in [5.41, 5.74) is 4.99. The SMILES string of the molecule is C=CS(=O)(=O)CCCCCC(=O)NC(C(=O)N[C@H](CCCNC(N)=O)C(C)=O)C(C)C. The first kappa shape index (κ1) is 28.6. The summed E-state index contributed by atoms with van der Waals surface area (Å²) in [5.74, 6) is -1.20. The van der Waals surface area contributed by atoms with Gasteiger partial charge in [-0.3, -0.25) is 14.4 Å². The van der Waals surface area contributed by atoms with Crippen molar-refractivity contribution in [3.63, 3.8) is 0 Å². The molecule has 0 rings (SSSR count). The molecule has 0 aromatic carbocycles. The van der Waals surface area contributed by atoms with E-state index in [0.717, 1.165) is 5.41 Å². The molecular formula is C20H36N4O6S. The van der Waals surface area contributed by atoms with Gasteiger partial charge in [0.1, 0.15) is 6.04 Å². The average Bonchev–Trinajstić information content (AvgIpc) is 2.67. The molecule has 1 unspecified atom stereocenters. The number of carbonyl (C=O) groups excluding carboxylic acids is 4. The monoisotopic (exact) mass is 460 g/mol. The number of ketones is 1. The third-order valence-electron chi connectivity index (χ3n) is 4.63. The lowest BCUT2D eigenvalue weighted by atomic mass is 10.0. The molecule has 0 heterocycles. The second-order valence-corrected chi connectivity index (χ2v) is 9.81. The number of hydrogen-bond acceptors (Lipinski definition) is 6. The first-order valence-electron chi connectivity index (χ1n) is 10.4. The van der Waals surface area contributed by atoms with Crippen LogP contribution in [0.5, 0.6) is 0 Å². The first-order valence-corrected chi connectivity index (χ1v) is 12.1. The zero-order valence-corrected chi connectivity index (χ0v) is 19.4. The van der Waals surface area contributed by atoms with E-state index in [-0.39, 0.29) is 36.3 Å². The summed E-state index contributed by atoms with van der Waals surface area (Å²) in [6.45, 7) is 8.46. The smallest absolute Gasteiger partial charge is 0.312 e. The maximum Gasteiger partial charge on any atom is 0.312 e. The number of rotatable bonds is 16. The van der Waals surface area contributed by atoms with Gasteiger partial charge in [0.15, 0.2) is 15.6 Å². The third kappa shape index (κ3) is 13.5. The fourth-order valence-electron chi connectivity index (χ4n) is 2.79. The molecular weight excluding hydrogens is 424 g/mol. The van der Waals surface area contributed by atoms with Crippen LogP contribution in [0.25, 0.3) is 0 Å². The van der Waals surface area contributed by atoms with Crippen LogP contribution in [-0.4, -0.2) is 56.4 Å². The standard InChI is InChI=1S/C20H36N4O6S/c1-5-31(29,30)13-8-6-7-11-17(26)24-18(14(2)3)19(27)23-16(15(4)25)10-9-12-22-20(21)28/h5,14,16,18H,1,6-13H2,2-4H3,(H,23,27)(H,24,26)(H3,21,22,28)/t16-,18?/m1/s1. The number of primary amides is 1. The van der Waals surface area contributed by atoms with Crippen molar-refractivity contribution in [2.24, 2.45) is 11.7 Å². The van der Waals surface area contributed by atoms with E-state index < -0.39 is 33.9 Å². The molecule has 2 atom stereocenters. The predicted molar refractivity (Wildman–Crippen MR) is 119 cm³/mol. The number of carbonyl (C=O) groups is 4. The third-order valence-corrected chi connectivity index (χ3v) is 5.99. The quantitative estimate of drug-likeness (QED) is 0.248. The molecule has 0 saturated carbocycles. The van der Waals surface area contributed by atoms with Gasteiger partial charge in [0.25, 0.3) is 0 Å². The lowest BCUT2D eigenvalue weighted by molar-refractivity contribution is -0.132. The van der Waals surface area contributed by atoms with Crippen molar-refractivity contribution in [2.45, 2.75) is 71.4 Å². The zero-order chi connectivity index (χ0) is 24.0. The largest absolute Gasteiger partial charge is 0.352 e. The van der Waals surface area contributed by atoms with E-state index in [9.17, 15) is 27.6 Å². The highest BCUT2D eigenvalue weighted by molar-refractivity contribution is 7.94. The van der Waals surface area contributed by atoms with Gasteiger partial charge in [-0.25, -0.2) is 13.2 Å². The van der Waals surface area contributed by atoms with Gasteiger partial charge >= 0.3 is 6.03 Å². The Morgan fingerprint density at radius 2 is 1.68 bits per heavy atom. The summed E-state index contributed by atoms with van der Waals surface area (Å²) in [6, 6.07) is -2.19. The molecule has 5 N–H and O–H groups in total. The molecule has 4 amide bonds. The van der Waals surface area contributed by atoms with Crippen LogP contribution in [0.15, 0.2) is 12.0 Å². The molecule has 0 radical (unpaired) electrons. The number of Topliss-reactive ketones (excluding diaryl/α,β-unsaturated/α-hetero) is 1. The molecule has 31 heavy (non-hydrogen) atoms. The Labute approximate surface area is 184 Å². The molecule has 0 aromatic heterocycles. The van der Waals surface area contributed by atoms with Crippen molar-refractivity contribution in [2.75, 3.05) is 12.3 Å². The van der Waals surface area contributed by atoms with Crippen molar-refractivity contribution in [3.05, 3.63) is 12.0 Å². The Morgan fingerprint density at radius 1 is 1.03 bits per heavy atom. The zero-order valence-electron chi connectivity index (χ0n) is 18.6. The van der Waals surface area contributed by atoms with Crippen LogP contribution in [0.3, 0.4) is 0 Å². The molecule has 178 valence electrons. The molecule has 0 aliphatic rings. The minimum Gasteiger partial charge on any atom is -0.352 e. The molecule has 0 spiro atoms. The van der Waals surface area contributed by atoms with Crippen LogP contribution in [0, 0.1) is 5.92 Å². The van der Waals surface area contributed by atoms with Crippen LogP contribution >= 0.6 is 0 Å². The van der Waals surface area contributed by atoms with E-state index in [2.05, 4.69) is 22.5 Å². The normalized spacial score (nSPS) is 13.2. The fourth-order valence-corrected chi connectivity index (χ4v) is 3.56. The highest BCUT2D eigenvalue weighted by atomic mass is 32.2. The van der Waals surface area contributed by atoms with Gasteiger partial charge in [-0.05, 0) is 38.5 Å². The van der Waals surface area contributed by atoms with Gasteiger partial charge in [0.05, 0.1) is 11.8 Å². The number of hydrogen-bond donors (Lipinski definition) is 4. The van der Waals surface area contributed by atoms with E-state index >= 15 is 0 Å². The maximum absolute atomic E-state index is 12.7. The van der Waals surface area contributed by atoms with E-state index in [0.29, 0.717) is 32.1 Å². The maximum atomic E-state index is 12.7. The Balaban J connectivity index is 4.60. The first-order chi connectivity index (χ1) is 14.4. The van der Waals surface area contributed by atoms with Crippen molar-refractivity contribution >= 4 is 33.5 Å². The van der Waals surface area contributed by atoms with E-state index in [1.54, 1.807) is 13.8 Å². The Kier molecular flexibility index (Phi) is 13.4. The number of amides is 4. The average molecular weight is 461 g/mol. The lowest BCUT2D eigenvalue weighted by Crippen LogP contribution is -2.53. The second-order valence-electron chi connectivity index (χ2n) is 7.74. The van der Waals surface area contributed by atoms with Gasteiger partial charge in [-0.2, -0.15) is 0 Å². The van der Waals surface area contributed by atoms with Crippen LogP contribution < -0.4 is 21.7 Å². The number of nitrogens with one attached hydrogen (secondary N) is 3. The van der Waals surface area contributed by atoms with Gasteiger partial charge < -0.3 is 21.7 Å². The number of nitrogens with two attached hydrogens (primary N) is 1. The van der Waals surface area contributed by atoms with E-state index in [1.165, 1.54) is 6.92 Å². The molecule has 0 fully saturated rings.